The molecule has 0 unspecified atom stereocenters. The van der Waals surface area contributed by atoms with Gasteiger partial charge in [-0.25, -0.2) is 0 Å². The van der Waals surface area contributed by atoms with Crippen LogP contribution in [0.5, 0.6) is 0 Å². The van der Waals surface area contributed by atoms with Crippen LogP contribution < -0.4 is 0 Å². The molecule has 1 heterocycles. The second-order valence-corrected chi connectivity index (χ2v) is 3.23. The lowest BCUT2D eigenvalue weighted by Crippen LogP contribution is -1.87. The standard InChI is InChI=1S/C8H12N2O/c1-10-4-7(3-9-10)8-2-6(8)5-11/h3-4,6,8,11H,2,5H2,1H3/t6-,8-/m1/s1. The van der Waals surface area contributed by atoms with E-state index in [-0.39, 0.29) is 0 Å². The third-order valence-corrected chi connectivity index (χ3v) is 2.31. The van der Waals surface area contributed by atoms with E-state index in [1.165, 1.54) is 5.56 Å². The highest BCUT2D eigenvalue weighted by molar-refractivity contribution is 5.19. The molecule has 0 aliphatic heterocycles. The first-order valence-corrected chi connectivity index (χ1v) is 3.90. The van der Waals surface area contributed by atoms with Crippen LogP contribution in [0, 0.1) is 5.92 Å². The van der Waals surface area contributed by atoms with Crippen LogP contribution in [-0.4, -0.2) is 21.5 Å². The number of aliphatic hydroxyl groups excluding tert-OH is 1. The topological polar surface area (TPSA) is 38.0 Å². The zero-order chi connectivity index (χ0) is 7.84. The van der Waals surface area contributed by atoms with Crippen molar-refractivity contribution in [1.82, 2.24) is 9.78 Å². The van der Waals surface area contributed by atoms with E-state index in [1.807, 2.05) is 24.1 Å². The molecule has 0 amide bonds. The van der Waals surface area contributed by atoms with Crippen LogP contribution in [-0.2, 0) is 7.05 Å². The summed E-state index contributed by atoms with van der Waals surface area (Å²) in [5.74, 6) is 1.08. The van der Waals surface area contributed by atoms with Crippen molar-refractivity contribution >= 4 is 0 Å². The first kappa shape index (κ1) is 6.85. The van der Waals surface area contributed by atoms with Gasteiger partial charge in [0.1, 0.15) is 0 Å². The van der Waals surface area contributed by atoms with Gasteiger partial charge in [-0.15, -0.1) is 0 Å². The van der Waals surface area contributed by atoms with Crippen LogP contribution in [0.1, 0.15) is 17.9 Å². The number of nitrogens with zero attached hydrogens (tertiary/aromatic N) is 2. The Bertz CT molecular complexity index is 256. The average molecular weight is 152 g/mol. The zero-order valence-electron chi connectivity index (χ0n) is 6.57. The van der Waals surface area contributed by atoms with Crippen molar-refractivity contribution in [3.63, 3.8) is 0 Å². The van der Waals surface area contributed by atoms with Gasteiger partial charge in [-0.1, -0.05) is 0 Å². The van der Waals surface area contributed by atoms with Gasteiger partial charge >= 0.3 is 0 Å². The largest absolute Gasteiger partial charge is 0.396 e. The smallest absolute Gasteiger partial charge is 0.0524 e. The van der Waals surface area contributed by atoms with Gasteiger partial charge in [0.05, 0.1) is 6.20 Å². The van der Waals surface area contributed by atoms with Crippen LogP contribution in [0.4, 0.5) is 0 Å². The highest BCUT2D eigenvalue weighted by Crippen LogP contribution is 2.46. The molecular weight excluding hydrogens is 140 g/mol. The summed E-state index contributed by atoms with van der Waals surface area (Å²) in [4.78, 5) is 0. The van der Waals surface area contributed by atoms with Crippen molar-refractivity contribution in [2.45, 2.75) is 12.3 Å². The van der Waals surface area contributed by atoms with E-state index in [1.54, 1.807) is 0 Å². The molecule has 1 aliphatic rings. The van der Waals surface area contributed by atoms with Gasteiger partial charge in [0.25, 0.3) is 0 Å². The van der Waals surface area contributed by atoms with Crippen molar-refractivity contribution < 1.29 is 5.11 Å². The number of aryl methyl sites for hydroxylation is 1. The predicted octanol–water partition coefficient (Wildman–Crippen LogP) is 0.516. The van der Waals surface area contributed by atoms with Crippen LogP contribution >= 0.6 is 0 Å². The number of rotatable bonds is 2. The normalized spacial score (nSPS) is 28.9. The van der Waals surface area contributed by atoms with E-state index in [0.717, 1.165) is 6.42 Å². The number of hydrogen-bond donors (Lipinski definition) is 1. The van der Waals surface area contributed by atoms with Gasteiger partial charge in [0, 0.05) is 19.9 Å². The Hall–Kier alpha value is -0.830. The summed E-state index contributed by atoms with van der Waals surface area (Å²) in [6, 6.07) is 0. The van der Waals surface area contributed by atoms with Crippen LogP contribution in [0.15, 0.2) is 12.4 Å². The number of hydrogen-bond acceptors (Lipinski definition) is 2. The molecule has 2 rings (SSSR count). The lowest BCUT2D eigenvalue weighted by Gasteiger charge is -1.89. The summed E-state index contributed by atoms with van der Waals surface area (Å²) < 4.78 is 1.81. The maximum absolute atomic E-state index is 8.82. The highest BCUT2D eigenvalue weighted by Gasteiger charge is 2.38. The van der Waals surface area contributed by atoms with E-state index in [0.29, 0.717) is 18.4 Å². The second-order valence-electron chi connectivity index (χ2n) is 3.23. The Morgan fingerprint density at radius 2 is 2.64 bits per heavy atom. The Morgan fingerprint density at radius 3 is 3.09 bits per heavy atom. The zero-order valence-corrected chi connectivity index (χ0v) is 6.57. The van der Waals surface area contributed by atoms with Crippen molar-refractivity contribution in [2.75, 3.05) is 6.61 Å². The predicted molar refractivity (Wildman–Crippen MR) is 41.1 cm³/mol. The minimum atomic E-state index is 0.319. The molecule has 1 aromatic heterocycles. The lowest BCUT2D eigenvalue weighted by atomic mass is 10.2. The minimum Gasteiger partial charge on any atom is -0.396 e. The molecule has 1 aromatic rings. The first-order chi connectivity index (χ1) is 5.31. The fraction of sp³-hybridized carbons (Fsp3) is 0.625. The Kier molecular flexibility index (Phi) is 1.46. The van der Waals surface area contributed by atoms with E-state index >= 15 is 0 Å². The molecule has 3 heteroatoms. The van der Waals surface area contributed by atoms with Crippen LogP contribution in [0.2, 0.25) is 0 Å². The Balaban J connectivity index is 2.08. The van der Waals surface area contributed by atoms with Crippen molar-refractivity contribution in [3.8, 4) is 0 Å². The fourth-order valence-electron chi connectivity index (χ4n) is 1.49. The highest BCUT2D eigenvalue weighted by atomic mass is 16.3. The van der Waals surface area contributed by atoms with Crippen molar-refractivity contribution in [2.24, 2.45) is 13.0 Å². The Labute approximate surface area is 65.7 Å². The van der Waals surface area contributed by atoms with Crippen molar-refractivity contribution in [3.05, 3.63) is 18.0 Å². The molecular formula is C8H12N2O. The third kappa shape index (κ3) is 1.16. The fourth-order valence-corrected chi connectivity index (χ4v) is 1.49. The van der Waals surface area contributed by atoms with Gasteiger partial charge in [-0.05, 0) is 23.8 Å². The molecule has 0 radical (unpaired) electrons. The quantitative estimate of drug-likeness (QED) is 0.670. The first-order valence-electron chi connectivity index (χ1n) is 3.90. The molecule has 0 bridgehead atoms. The minimum absolute atomic E-state index is 0.319. The van der Waals surface area contributed by atoms with Crippen LogP contribution in [0.25, 0.3) is 0 Å². The molecule has 3 nitrogen and oxygen atoms in total. The molecule has 1 aliphatic carbocycles. The molecule has 0 saturated heterocycles. The molecule has 60 valence electrons. The van der Waals surface area contributed by atoms with E-state index in [9.17, 15) is 0 Å². The second kappa shape index (κ2) is 2.34. The maximum Gasteiger partial charge on any atom is 0.0524 e. The molecule has 1 saturated carbocycles. The van der Waals surface area contributed by atoms with Gasteiger partial charge in [0.15, 0.2) is 0 Å². The van der Waals surface area contributed by atoms with E-state index in [2.05, 4.69) is 5.10 Å². The Morgan fingerprint density at radius 1 is 1.82 bits per heavy atom. The molecule has 0 aromatic carbocycles. The van der Waals surface area contributed by atoms with Gasteiger partial charge < -0.3 is 5.11 Å². The maximum atomic E-state index is 8.82. The number of aliphatic hydroxyl groups is 1. The average Bonchev–Trinajstić information content (AvgIpc) is 2.68. The lowest BCUT2D eigenvalue weighted by molar-refractivity contribution is 0.274. The van der Waals surface area contributed by atoms with E-state index in [4.69, 9.17) is 5.11 Å². The van der Waals surface area contributed by atoms with Crippen LogP contribution in [0.3, 0.4) is 0 Å². The third-order valence-electron chi connectivity index (χ3n) is 2.31. The summed E-state index contributed by atoms with van der Waals surface area (Å²) >= 11 is 0. The SMILES string of the molecule is Cn1cc([C@@H]2C[C@@H]2CO)cn1. The summed E-state index contributed by atoms with van der Waals surface area (Å²) in [7, 11) is 1.92. The summed E-state index contributed by atoms with van der Waals surface area (Å²) in [5.41, 5.74) is 1.27. The van der Waals surface area contributed by atoms with E-state index < -0.39 is 0 Å². The molecule has 1 N–H and O–H groups in total. The van der Waals surface area contributed by atoms with Crippen molar-refractivity contribution in [1.29, 1.82) is 0 Å². The monoisotopic (exact) mass is 152 g/mol. The molecule has 11 heavy (non-hydrogen) atoms. The van der Waals surface area contributed by atoms with Gasteiger partial charge in [-0.3, -0.25) is 4.68 Å². The van der Waals surface area contributed by atoms with Gasteiger partial charge in [-0.2, -0.15) is 5.10 Å². The van der Waals surface area contributed by atoms with Gasteiger partial charge in [0.2, 0.25) is 0 Å². The summed E-state index contributed by atoms with van der Waals surface area (Å²) in [5, 5.41) is 12.9. The molecule has 1 fully saturated rings. The molecule has 2 atom stereocenters. The number of aromatic nitrogens is 2. The summed E-state index contributed by atoms with van der Waals surface area (Å²) in [6.45, 7) is 0.319. The molecule has 0 spiro atoms. The summed E-state index contributed by atoms with van der Waals surface area (Å²) in [6.07, 6.45) is 5.04.